The molecule has 4 amide bonds. The quantitative estimate of drug-likeness (QED) is 0.272. The van der Waals surface area contributed by atoms with E-state index in [1.165, 1.54) is 11.0 Å². The molecule has 1 unspecified atom stereocenters. The number of ether oxygens (including phenoxy) is 2. The maximum Gasteiger partial charge on any atom is 0.328 e. The number of sulfonamides is 1. The van der Waals surface area contributed by atoms with Gasteiger partial charge in [-0.2, -0.15) is 0 Å². The van der Waals surface area contributed by atoms with E-state index in [1.54, 1.807) is 37.7 Å². The molecule has 2 saturated carbocycles. The van der Waals surface area contributed by atoms with E-state index in [0.717, 1.165) is 15.7 Å². The molecule has 0 bridgehead atoms. The van der Waals surface area contributed by atoms with Gasteiger partial charge in [-0.05, 0) is 73.4 Å². The van der Waals surface area contributed by atoms with Gasteiger partial charge < -0.3 is 19.7 Å². The number of imide groups is 1. The molecule has 2 aliphatic carbocycles. The smallest absolute Gasteiger partial charge is 0.328 e. The summed E-state index contributed by atoms with van der Waals surface area (Å²) in [6, 6.07) is 10.5. The number of carbonyl (C=O) groups excluding carboxylic acids is 3. The molecule has 3 fully saturated rings. The van der Waals surface area contributed by atoms with Crippen LogP contribution in [0, 0.1) is 11.3 Å². The summed E-state index contributed by atoms with van der Waals surface area (Å²) in [6.45, 7) is 11.3. The highest BCUT2D eigenvalue weighted by Crippen LogP contribution is 2.51. The highest BCUT2D eigenvalue weighted by Gasteiger charge is 2.68. The van der Waals surface area contributed by atoms with Crippen molar-refractivity contribution in [2.45, 2.75) is 82.4 Å². The first-order valence-electron chi connectivity index (χ1n) is 16.8. The van der Waals surface area contributed by atoms with Crippen molar-refractivity contribution in [2.75, 3.05) is 19.0 Å². The summed E-state index contributed by atoms with van der Waals surface area (Å²) < 4.78 is 40.0. The van der Waals surface area contributed by atoms with E-state index in [0.29, 0.717) is 36.7 Å². The molecular formula is C36H44N6O7S. The lowest BCUT2D eigenvalue weighted by molar-refractivity contribution is -0.141. The van der Waals surface area contributed by atoms with Gasteiger partial charge in [0, 0.05) is 36.2 Å². The minimum absolute atomic E-state index is 0.0337. The maximum absolute atomic E-state index is 14.9. The number of rotatable bonds is 11. The number of hydrogen-bond donors (Lipinski definition) is 2. The number of nitrogens with zero attached hydrogens (tertiary/aromatic N) is 4. The van der Waals surface area contributed by atoms with Gasteiger partial charge in [0.15, 0.2) is 0 Å². The van der Waals surface area contributed by atoms with Gasteiger partial charge in [0.1, 0.15) is 29.3 Å². The zero-order valence-electron chi connectivity index (χ0n) is 29.0. The number of anilines is 1. The first-order valence-corrected chi connectivity index (χ1v) is 18.3. The van der Waals surface area contributed by atoms with Crippen molar-refractivity contribution in [1.82, 2.24) is 24.5 Å². The highest BCUT2D eigenvalue weighted by molar-refractivity contribution is 7.91. The molecule has 6 rings (SSSR count). The molecule has 0 radical (unpaired) electrons. The Bertz CT molecular complexity index is 1910. The average molecular weight is 705 g/mol. The van der Waals surface area contributed by atoms with Crippen LogP contribution in [0.1, 0.15) is 53.4 Å². The minimum atomic E-state index is -4.00. The summed E-state index contributed by atoms with van der Waals surface area (Å²) >= 11 is 0. The fraction of sp³-hybridized carbons (Fsp3) is 0.472. The molecule has 1 aromatic carbocycles. The van der Waals surface area contributed by atoms with Crippen molar-refractivity contribution >= 4 is 44.5 Å². The third-order valence-corrected chi connectivity index (χ3v) is 11.6. The van der Waals surface area contributed by atoms with Gasteiger partial charge in [0.25, 0.3) is 11.8 Å². The molecule has 13 nitrogen and oxygen atoms in total. The first kappa shape index (κ1) is 35.1. The number of fused-ring (bicyclic) bond motifs is 1. The Balaban J connectivity index is 1.35. The number of benzene rings is 1. The minimum Gasteiger partial charge on any atom is -0.497 e. The Kier molecular flexibility index (Phi) is 9.27. The molecule has 1 saturated heterocycles. The summed E-state index contributed by atoms with van der Waals surface area (Å²) in [5.41, 5.74) is -2.57. The first-order chi connectivity index (χ1) is 23.7. The predicted molar refractivity (Wildman–Crippen MR) is 188 cm³/mol. The van der Waals surface area contributed by atoms with Gasteiger partial charge in [-0.3, -0.25) is 14.3 Å². The zero-order chi connectivity index (χ0) is 36.0. The third-order valence-electron chi connectivity index (χ3n) is 9.74. The van der Waals surface area contributed by atoms with Gasteiger partial charge in [-0.15, -0.1) is 6.58 Å². The van der Waals surface area contributed by atoms with Gasteiger partial charge in [-0.1, -0.05) is 32.9 Å². The van der Waals surface area contributed by atoms with Gasteiger partial charge >= 0.3 is 6.03 Å². The number of pyridine rings is 2. The molecule has 2 aromatic heterocycles. The van der Waals surface area contributed by atoms with Crippen molar-refractivity contribution in [3.05, 3.63) is 67.5 Å². The van der Waals surface area contributed by atoms with Crippen LogP contribution in [-0.4, -0.2) is 88.7 Å². The third kappa shape index (κ3) is 6.72. The van der Waals surface area contributed by atoms with Crippen LogP contribution in [0.25, 0.3) is 10.8 Å². The molecule has 266 valence electrons. The standard InChI is InChI=1S/C36H44N6O7S/c1-7-24-20-36(24,33(44)40-50(46,47)27-12-13-27)42(32(43)30(35(3,4)5)39-29-10-8-9-16-37-29)34(45)41-21-26(18-22(41)2)49-31-28-14-11-25(48-6)19-23(28)15-17-38-31/h7-11,14-17,19,22,24,26-27,30H,1,12-13,18,20-21H2,2-6H3,(H,37,39)(H,40,44)/t22?,24-,26-,30+,36-/m1/s1. The average Bonchev–Trinajstić information content (AvgIpc) is 4.01. The van der Waals surface area contributed by atoms with E-state index in [2.05, 4.69) is 26.6 Å². The van der Waals surface area contributed by atoms with Crippen LogP contribution in [0.15, 0.2) is 67.5 Å². The monoisotopic (exact) mass is 704 g/mol. The Morgan fingerprint density at radius 1 is 1.12 bits per heavy atom. The van der Waals surface area contributed by atoms with Gasteiger partial charge in [-0.25, -0.2) is 28.1 Å². The number of nitrogens with one attached hydrogen (secondary N) is 2. The van der Waals surface area contributed by atoms with Gasteiger partial charge in [0.2, 0.25) is 15.9 Å². The van der Waals surface area contributed by atoms with Crippen LogP contribution >= 0.6 is 0 Å². The molecule has 3 heterocycles. The zero-order valence-corrected chi connectivity index (χ0v) is 29.8. The number of amides is 4. The van der Waals surface area contributed by atoms with E-state index < -0.39 is 68.2 Å². The number of aromatic nitrogens is 2. The number of likely N-dealkylation sites (tertiary alicyclic amines) is 1. The number of hydrogen-bond acceptors (Lipinski definition) is 10. The SMILES string of the molecule is C=C[C@@H]1C[C@@]1(C(=O)NS(=O)(=O)C1CC1)N(C(=O)[C@H](Nc1ccccn1)C(C)(C)C)C(=O)N1C[C@H](Oc2nccc3cc(OC)ccc23)CC1C. The van der Waals surface area contributed by atoms with Crippen molar-refractivity contribution in [1.29, 1.82) is 0 Å². The molecular weight excluding hydrogens is 660 g/mol. The van der Waals surface area contributed by atoms with Crippen LogP contribution in [0.3, 0.4) is 0 Å². The van der Waals surface area contributed by atoms with E-state index in [4.69, 9.17) is 9.47 Å². The Hall–Kier alpha value is -4.72. The Morgan fingerprint density at radius 3 is 2.50 bits per heavy atom. The topological polar surface area (TPSA) is 160 Å². The van der Waals surface area contributed by atoms with Crippen LogP contribution in [-0.2, 0) is 19.6 Å². The van der Waals surface area contributed by atoms with E-state index in [9.17, 15) is 22.8 Å². The summed E-state index contributed by atoms with van der Waals surface area (Å²) in [5, 5.41) is 4.14. The van der Waals surface area contributed by atoms with E-state index in [1.807, 2.05) is 52.0 Å². The predicted octanol–water partition coefficient (Wildman–Crippen LogP) is 4.51. The maximum atomic E-state index is 14.9. The van der Waals surface area contributed by atoms with Crippen LogP contribution < -0.4 is 19.5 Å². The Labute approximate surface area is 292 Å². The highest BCUT2D eigenvalue weighted by atomic mass is 32.2. The van der Waals surface area contributed by atoms with E-state index >= 15 is 0 Å². The lowest BCUT2D eigenvalue weighted by atomic mass is 9.85. The van der Waals surface area contributed by atoms with Crippen molar-refractivity contribution in [3.63, 3.8) is 0 Å². The fourth-order valence-electron chi connectivity index (χ4n) is 6.66. The number of urea groups is 1. The van der Waals surface area contributed by atoms with Crippen molar-refractivity contribution in [2.24, 2.45) is 11.3 Å². The molecule has 50 heavy (non-hydrogen) atoms. The van der Waals surface area contributed by atoms with Crippen LogP contribution in [0.5, 0.6) is 11.6 Å². The lowest BCUT2D eigenvalue weighted by Gasteiger charge is -2.40. The summed E-state index contributed by atoms with van der Waals surface area (Å²) in [6.07, 6.45) is 5.57. The lowest BCUT2D eigenvalue weighted by Crippen LogP contribution is -2.64. The second kappa shape index (κ2) is 13.2. The molecule has 14 heteroatoms. The second-order valence-electron chi connectivity index (χ2n) is 14.4. The van der Waals surface area contributed by atoms with Crippen molar-refractivity contribution in [3.8, 4) is 11.6 Å². The number of methoxy groups -OCH3 is 1. The van der Waals surface area contributed by atoms with E-state index in [-0.39, 0.29) is 13.0 Å². The molecule has 2 N–H and O–H groups in total. The molecule has 5 atom stereocenters. The van der Waals surface area contributed by atoms with Gasteiger partial charge in [0.05, 0.1) is 18.9 Å². The van der Waals surface area contributed by atoms with Crippen LogP contribution in [0.2, 0.25) is 0 Å². The fourth-order valence-corrected chi connectivity index (χ4v) is 8.02. The second-order valence-corrected chi connectivity index (χ2v) is 16.4. The molecule has 1 aliphatic heterocycles. The summed E-state index contributed by atoms with van der Waals surface area (Å²) in [4.78, 5) is 55.2. The molecule has 3 aliphatic rings. The Morgan fingerprint density at radius 2 is 1.88 bits per heavy atom. The summed E-state index contributed by atoms with van der Waals surface area (Å²) in [7, 11) is -2.40. The van der Waals surface area contributed by atoms with Crippen LogP contribution in [0.4, 0.5) is 10.6 Å². The molecule has 0 spiro atoms. The van der Waals surface area contributed by atoms with Crippen molar-refractivity contribution < 1.29 is 32.3 Å². The number of carbonyl (C=O) groups is 3. The largest absolute Gasteiger partial charge is 0.497 e. The summed E-state index contributed by atoms with van der Waals surface area (Å²) in [5.74, 6) is -0.775. The normalized spacial score (nSPS) is 23.9. The molecule has 3 aromatic rings.